The Labute approximate surface area is 102 Å². The van der Waals surface area contributed by atoms with Crippen molar-refractivity contribution in [3.63, 3.8) is 0 Å². The zero-order valence-corrected chi connectivity index (χ0v) is 11.1. The van der Waals surface area contributed by atoms with Crippen LogP contribution in [-0.2, 0) is 9.53 Å². The summed E-state index contributed by atoms with van der Waals surface area (Å²) in [6, 6.07) is 0. The molecule has 98 valence electrons. The van der Waals surface area contributed by atoms with Crippen LogP contribution in [0.25, 0.3) is 0 Å². The summed E-state index contributed by atoms with van der Waals surface area (Å²) in [7, 11) is 0. The highest BCUT2D eigenvalue weighted by atomic mass is 16.6. The van der Waals surface area contributed by atoms with E-state index < -0.39 is 17.6 Å². The average Bonchev–Trinajstić information content (AvgIpc) is 2.42. The summed E-state index contributed by atoms with van der Waals surface area (Å²) in [5, 5.41) is 11.5. The van der Waals surface area contributed by atoms with Gasteiger partial charge in [-0.1, -0.05) is 20.8 Å². The minimum absolute atomic E-state index is 0.0955. The van der Waals surface area contributed by atoms with Gasteiger partial charge in [-0.25, -0.2) is 0 Å². The standard InChI is InChI=1S/C12H21NO4/c1-7-6-12(13(15)16,9(3)8(7)2)10(4)17-11(5)14/h7-10H,6H2,1-5H3. The molecule has 1 saturated carbocycles. The van der Waals surface area contributed by atoms with Crippen LogP contribution in [-0.4, -0.2) is 22.5 Å². The number of nitro groups is 1. The maximum absolute atomic E-state index is 11.5. The number of esters is 1. The van der Waals surface area contributed by atoms with Gasteiger partial charge in [0, 0.05) is 24.2 Å². The molecule has 1 rings (SSSR count). The van der Waals surface area contributed by atoms with Crippen molar-refractivity contribution in [1.82, 2.24) is 0 Å². The lowest BCUT2D eigenvalue weighted by atomic mass is 9.81. The van der Waals surface area contributed by atoms with E-state index in [1.54, 1.807) is 6.92 Å². The van der Waals surface area contributed by atoms with Gasteiger partial charge in [-0.15, -0.1) is 0 Å². The minimum atomic E-state index is -1.13. The number of hydrogen-bond donors (Lipinski definition) is 0. The first-order valence-corrected chi connectivity index (χ1v) is 6.05. The van der Waals surface area contributed by atoms with Crippen LogP contribution in [0, 0.1) is 27.9 Å². The third kappa shape index (κ3) is 2.15. The summed E-state index contributed by atoms with van der Waals surface area (Å²) in [6.45, 7) is 8.85. The highest BCUT2D eigenvalue weighted by Gasteiger charge is 2.62. The Hall–Kier alpha value is -1.13. The van der Waals surface area contributed by atoms with Crippen LogP contribution >= 0.6 is 0 Å². The molecule has 17 heavy (non-hydrogen) atoms. The Morgan fingerprint density at radius 2 is 2.00 bits per heavy atom. The molecule has 0 amide bonds. The first-order chi connectivity index (χ1) is 7.73. The van der Waals surface area contributed by atoms with Crippen LogP contribution < -0.4 is 0 Å². The summed E-state index contributed by atoms with van der Waals surface area (Å²) < 4.78 is 5.09. The number of ether oxygens (including phenoxy) is 1. The fourth-order valence-electron chi connectivity index (χ4n) is 3.11. The molecule has 0 spiro atoms. The number of carbonyl (C=O) groups is 1. The second-order valence-corrected chi connectivity index (χ2v) is 5.33. The number of nitrogens with zero attached hydrogens (tertiary/aromatic N) is 1. The van der Waals surface area contributed by atoms with Gasteiger partial charge < -0.3 is 4.74 Å². The number of rotatable bonds is 3. The topological polar surface area (TPSA) is 69.4 Å². The van der Waals surface area contributed by atoms with Crippen LogP contribution in [0.15, 0.2) is 0 Å². The van der Waals surface area contributed by atoms with Gasteiger partial charge in [0.1, 0.15) is 0 Å². The van der Waals surface area contributed by atoms with Crippen LogP contribution in [0.4, 0.5) is 0 Å². The van der Waals surface area contributed by atoms with Crippen molar-refractivity contribution in [3.8, 4) is 0 Å². The SMILES string of the molecule is CC(=O)OC(C)C1([N+](=O)[O-])CC(C)C(C)C1C. The fourth-order valence-corrected chi connectivity index (χ4v) is 3.11. The van der Waals surface area contributed by atoms with Gasteiger partial charge in [-0.05, 0) is 18.8 Å². The van der Waals surface area contributed by atoms with Gasteiger partial charge in [-0.3, -0.25) is 14.9 Å². The predicted molar refractivity (Wildman–Crippen MR) is 63.1 cm³/mol. The van der Waals surface area contributed by atoms with Crippen molar-refractivity contribution >= 4 is 5.97 Å². The molecule has 0 heterocycles. The van der Waals surface area contributed by atoms with Crippen molar-refractivity contribution < 1.29 is 14.5 Å². The van der Waals surface area contributed by atoms with Crippen molar-refractivity contribution in [2.45, 2.75) is 52.7 Å². The lowest BCUT2D eigenvalue weighted by molar-refractivity contribution is -0.589. The lowest BCUT2D eigenvalue weighted by Gasteiger charge is -2.31. The summed E-state index contributed by atoms with van der Waals surface area (Å²) in [5.74, 6) is -0.0215. The molecular formula is C12H21NO4. The number of carbonyl (C=O) groups excluding carboxylic acids is 1. The Bertz CT molecular complexity index is 330. The van der Waals surface area contributed by atoms with E-state index in [4.69, 9.17) is 4.74 Å². The van der Waals surface area contributed by atoms with Gasteiger partial charge in [-0.2, -0.15) is 0 Å². The molecule has 1 aliphatic carbocycles. The lowest BCUT2D eigenvalue weighted by Crippen LogP contribution is -2.52. The van der Waals surface area contributed by atoms with E-state index in [1.807, 2.05) is 20.8 Å². The molecule has 0 aromatic rings. The second-order valence-electron chi connectivity index (χ2n) is 5.33. The van der Waals surface area contributed by atoms with Gasteiger partial charge in [0.05, 0.1) is 0 Å². The van der Waals surface area contributed by atoms with Crippen LogP contribution in [0.5, 0.6) is 0 Å². The molecule has 0 aromatic heterocycles. The van der Waals surface area contributed by atoms with Gasteiger partial charge in [0.2, 0.25) is 0 Å². The molecule has 5 nitrogen and oxygen atoms in total. The van der Waals surface area contributed by atoms with Crippen molar-refractivity contribution in [2.75, 3.05) is 0 Å². The summed E-state index contributed by atoms with van der Waals surface area (Å²) in [6.07, 6.45) is -0.214. The third-order valence-electron chi connectivity index (χ3n) is 4.51. The van der Waals surface area contributed by atoms with E-state index in [0.717, 1.165) is 0 Å². The molecular weight excluding hydrogens is 222 g/mol. The minimum Gasteiger partial charge on any atom is -0.455 e. The van der Waals surface area contributed by atoms with E-state index in [-0.39, 0.29) is 22.7 Å². The molecule has 0 saturated heterocycles. The van der Waals surface area contributed by atoms with Crippen LogP contribution in [0.3, 0.4) is 0 Å². The van der Waals surface area contributed by atoms with Crippen LogP contribution in [0.2, 0.25) is 0 Å². The van der Waals surface area contributed by atoms with Crippen LogP contribution in [0.1, 0.15) is 41.0 Å². The molecule has 1 aliphatic rings. The maximum Gasteiger partial charge on any atom is 0.303 e. The van der Waals surface area contributed by atoms with Crippen molar-refractivity contribution in [2.24, 2.45) is 17.8 Å². The zero-order valence-electron chi connectivity index (χ0n) is 11.1. The van der Waals surface area contributed by atoms with E-state index in [9.17, 15) is 14.9 Å². The molecule has 0 aliphatic heterocycles. The Balaban J connectivity index is 3.07. The Kier molecular flexibility index (Phi) is 3.79. The largest absolute Gasteiger partial charge is 0.455 e. The summed E-state index contributed by atoms with van der Waals surface area (Å²) in [5.41, 5.74) is -1.13. The normalized spacial score (nSPS) is 38.8. The molecule has 5 heteroatoms. The molecule has 0 aromatic carbocycles. The molecule has 0 radical (unpaired) electrons. The smallest absolute Gasteiger partial charge is 0.303 e. The zero-order chi connectivity index (χ0) is 13.4. The molecule has 5 unspecified atom stereocenters. The van der Waals surface area contributed by atoms with E-state index >= 15 is 0 Å². The summed E-state index contributed by atoms with van der Waals surface area (Å²) in [4.78, 5) is 22.2. The average molecular weight is 243 g/mol. The molecule has 5 atom stereocenters. The molecule has 0 N–H and O–H groups in total. The number of hydrogen-bond acceptors (Lipinski definition) is 4. The molecule has 1 fully saturated rings. The highest BCUT2D eigenvalue weighted by Crippen LogP contribution is 2.48. The monoisotopic (exact) mass is 243 g/mol. The Morgan fingerprint density at radius 1 is 1.47 bits per heavy atom. The van der Waals surface area contributed by atoms with Gasteiger partial charge in [0.15, 0.2) is 6.10 Å². The van der Waals surface area contributed by atoms with E-state index in [1.165, 1.54) is 6.92 Å². The first kappa shape index (κ1) is 13.9. The highest BCUT2D eigenvalue weighted by molar-refractivity contribution is 5.66. The second kappa shape index (κ2) is 4.63. The molecule has 0 bridgehead atoms. The first-order valence-electron chi connectivity index (χ1n) is 6.05. The predicted octanol–water partition coefficient (Wildman–Crippen LogP) is 2.27. The summed E-state index contributed by atoms with van der Waals surface area (Å²) >= 11 is 0. The van der Waals surface area contributed by atoms with Gasteiger partial charge >= 0.3 is 5.97 Å². The van der Waals surface area contributed by atoms with E-state index in [2.05, 4.69) is 0 Å². The van der Waals surface area contributed by atoms with Crippen molar-refractivity contribution in [1.29, 1.82) is 0 Å². The van der Waals surface area contributed by atoms with Crippen molar-refractivity contribution in [3.05, 3.63) is 10.1 Å². The third-order valence-corrected chi connectivity index (χ3v) is 4.51. The quantitative estimate of drug-likeness (QED) is 0.433. The van der Waals surface area contributed by atoms with Gasteiger partial charge in [0.25, 0.3) is 5.54 Å². The Morgan fingerprint density at radius 3 is 2.29 bits per heavy atom. The fraction of sp³-hybridized carbons (Fsp3) is 0.917. The maximum atomic E-state index is 11.5. The van der Waals surface area contributed by atoms with E-state index in [0.29, 0.717) is 6.42 Å².